The lowest BCUT2D eigenvalue weighted by atomic mass is 10.0. The third-order valence-electron chi connectivity index (χ3n) is 3.27. The second-order valence-electron chi connectivity index (χ2n) is 4.83. The quantitative estimate of drug-likeness (QED) is 0.466. The number of esters is 1. The fourth-order valence-corrected chi connectivity index (χ4v) is 2.13. The van der Waals surface area contributed by atoms with Crippen LogP contribution < -0.4 is 4.74 Å². The lowest BCUT2D eigenvalue weighted by Crippen LogP contribution is -2.08. The van der Waals surface area contributed by atoms with Crippen molar-refractivity contribution < 1.29 is 19.0 Å². The van der Waals surface area contributed by atoms with Crippen LogP contribution in [-0.4, -0.2) is 25.2 Å². The van der Waals surface area contributed by atoms with Crippen LogP contribution in [-0.2, 0) is 20.9 Å². The number of carbonyl (C=O) groups is 1. The SMILES string of the molecule is CO/C=C(/C(=O)OC)c1ccccc1COc1ncccc1C. The highest BCUT2D eigenvalue weighted by Crippen LogP contribution is 2.23. The van der Waals surface area contributed by atoms with Crippen molar-refractivity contribution in [1.82, 2.24) is 4.98 Å². The standard InChI is InChI=1S/C18H19NO4/c1-13-7-6-10-19-17(13)23-11-14-8-4-5-9-15(14)16(12-21-2)18(20)22-3/h4-10,12H,11H2,1-3H3/b16-12+. The summed E-state index contributed by atoms with van der Waals surface area (Å²) in [6, 6.07) is 11.2. The number of rotatable bonds is 6. The number of nitrogens with zero attached hydrogens (tertiary/aromatic N) is 1. The van der Waals surface area contributed by atoms with Gasteiger partial charge in [-0.25, -0.2) is 9.78 Å². The van der Waals surface area contributed by atoms with Crippen LogP contribution in [0.1, 0.15) is 16.7 Å². The Morgan fingerprint density at radius 2 is 1.96 bits per heavy atom. The molecule has 0 unspecified atom stereocenters. The van der Waals surface area contributed by atoms with E-state index in [1.165, 1.54) is 20.5 Å². The largest absolute Gasteiger partial charge is 0.503 e. The lowest BCUT2D eigenvalue weighted by molar-refractivity contribution is -0.133. The van der Waals surface area contributed by atoms with Gasteiger partial charge in [0.2, 0.25) is 5.88 Å². The normalized spacial score (nSPS) is 11.0. The molecule has 0 radical (unpaired) electrons. The molecule has 5 heteroatoms. The fraction of sp³-hybridized carbons (Fsp3) is 0.222. The second-order valence-corrected chi connectivity index (χ2v) is 4.83. The third kappa shape index (κ3) is 4.10. The maximum Gasteiger partial charge on any atom is 0.341 e. The van der Waals surface area contributed by atoms with Gasteiger partial charge in [0.1, 0.15) is 12.2 Å². The minimum Gasteiger partial charge on any atom is -0.503 e. The Labute approximate surface area is 135 Å². The monoisotopic (exact) mass is 313 g/mol. The Morgan fingerprint density at radius 1 is 1.17 bits per heavy atom. The van der Waals surface area contributed by atoms with Crippen molar-refractivity contribution in [2.45, 2.75) is 13.5 Å². The van der Waals surface area contributed by atoms with Crippen LogP contribution in [0.15, 0.2) is 48.9 Å². The zero-order valence-corrected chi connectivity index (χ0v) is 13.4. The van der Waals surface area contributed by atoms with Gasteiger partial charge in [-0.3, -0.25) is 0 Å². The lowest BCUT2D eigenvalue weighted by Gasteiger charge is -2.13. The molecule has 0 bridgehead atoms. The van der Waals surface area contributed by atoms with Gasteiger partial charge in [0.15, 0.2) is 0 Å². The van der Waals surface area contributed by atoms with Crippen molar-refractivity contribution in [2.24, 2.45) is 0 Å². The van der Waals surface area contributed by atoms with Crippen molar-refractivity contribution in [3.05, 3.63) is 65.5 Å². The number of carbonyl (C=O) groups excluding carboxylic acids is 1. The van der Waals surface area contributed by atoms with E-state index in [1.54, 1.807) is 6.20 Å². The molecule has 0 amide bonds. The summed E-state index contributed by atoms with van der Waals surface area (Å²) in [5.74, 6) is 0.103. The van der Waals surface area contributed by atoms with E-state index in [4.69, 9.17) is 14.2 Å². The van der Waals surface area contributed by atoms with Gasteiger partial charge in [0, 0.05) is 11.8 Å². The number of methoxy groups -OCH3 is 2. The predicted molar refractivity (Wildman–Crippen MR) is 86.8 cm³/mol. The van der Waals surface area contributed by atoms with Gasteiger partial charge in [-0.15, -0.1) is 0 Å². The molecule has 2 aromatic rings. The molecule has 1 heterocycles. The van der Waals surface area contributed by atoms with Gasteiger partial charge < -0.3 is 14.2 Å². The van der Waals surface area contributed by atoms with Crippen LogP contribution in [0.25, 0.3) is 5.57 Å². The van der Waals surface area contributed by atoms with E-state index in [1.807, 2.05) is 43.3 Å². The van der Waals surface area contributed by atoms with Crippen LogP contribution in [0.4, 0.5) is 0 Å². The molecule has 0 atom stereocenters. The molecule has 0 spiro atoms. The second kappa shape index (κ2) is 7.98. The van der Waals surface area contributed by atoms with Crippen molar-refractivity contribution >= 4 is 11.5 Å². The van der Waals surface area contributed by atoms with Gasteiger partial charge in [0.05, 0.1) is 20.5 Å². The molecule has 1 aromatic heterocycles. The number of aryl methyl sites for hydroxylation is 1. The molecular weight excluding hydrogens is 294 g/mol. The first-order valence-electron chi connectivity index (χ1n) is 7.11. The molecule has 5 nitrogen and oxygen atoms in total. The molecule has 120 valence electrons. The van der Waals surface area contributed by atoms with Crippen molar-refractivity contribution in [1.29, 1.82) is 0 Å². The Kier molecular flexibility index (Phi) is 5.74. The third-order valence-corrected chi connectivity index (χ3v) is 3.27. The zero-order valence-electron chi connectivity index (χ0n) is 13.4. The van der Waals surface area contributed by atoms with Crippen molar-refractivity contribution in [3.63, 3.8) is 0 Å². The number of aromatic nitrogens is 1. The molecule has 0 fully saturated rings. The van der Waals surface area contributed by atoms with Crippen molar-refractivity contribution in [3.8, 4) is 5.88 Å². The van der Waals surface area contributed by atoms with E-state index in [0.717, 1.165) is 11.1 Å². The molecule has 0 N–H and O–H groups in total. The van der Waals surface area contributed by atoms with E-state index in [9.17, 15) is 4.79 Å². The number of hydrogen-bond donors (Lipinski definition) is 0. The smallest absolute Gasteiger partial charge is 0.341 e. The Balaban J connectivity index is 2.28. The van der Waals surface area contributed by atoms with Gasteiger partial charge >= 0.3 is 5.97 Å². The first-order chi connectivity index (χ1) is 11.2. The van der Waals surface area contributed by atoms with Crippen molar-refractivity contribution in [2.75, 3.05) is 14.2 Å². The van der Waals surface area contributed by atoms with Gasteiger partial charge in [-0.2, -0.15) is 0 Å². The van der Waals surface area contributed by atoms with E-state index in [0.29, 0.717) is 17.0 Å². The summed E-state index contributed by atoms with van der Waals surface area (Å²) >= 11 is 0. The van der Waals surface area contributed by atoms with E-state index >= 15 is 0 Å². The molecule has 2 rings (SSSR count). The average Bonchev–Trinajstić information content (AvgIpc) is 2.59. The summed E-state index contributed by atoms with van der Waals surface area (Å²) < 4.78 is 15.6. The summed E-state index contributed by atoms with van der Waals surface area (Å²) in [5.41, 5.74) is 2.83. The minimum atomic E-state index is -0.465. The zero-order chi connectivity index (χ0) is 16.7. The first kappa shape index (κ1) is 16.5. The molecule has 0 aliphatic rings. The molecule has 1 aromatic carbocycles. The number of ether oxygens (including phenoxy) is 3. The maximum absolute atomic E-state index is 12.0. The molecule has 23 heavy (non-hydrogen) atoms. The molecule has 0 saturated carbocycles. The summed E-state index contributed by atoms with van der Waals surface area (Å²) in [5, 5.41) is 0. The molecule has 0 saturated heterocycles. The van der Waals surface area contributed by atoms with Gasteiger partial charge in [-0.1, -0.05) is 30.3 Å². The minimum absolute atomic E-state index is 0.284. The van der Waals surface area contributed by atoms with E-state index in [2.05, 4.69) is 4.98 Å². The van der Waals surface area contributed by atoms with Crippen LogP contribution in [0.5, 0.6) is 5.88 Å². The maximum atomic E-state index is 12.0. The van der Waals surface area contributed by atoms with Crippen LogP contribution >= 0.6 is 0 Å². The molecule has 0 aliphatic heterocycles. The van der Waals surface area contributed by atoms with Crippen LogP contribution in [0.2, 0.25) is 0 Å². The number of benzene rings is 1. The number of pyridine rings is 1. The summed E-state index contributed by atoms with van der Waals surface area (Å²) in [7, 11) is 2.82. The van der Waals surface area contributed by atoms with Crippen LogP contribution in [0, 0.1) is 6.92 Å². The Bertz CT molecular complexity index is 710. The Hall–Kier alpha value is -2.82. The highest BCUT2D eigenvalue weighted by atomic mass is 16.5. The Morgan fingerprint density at radius 3 is 2.65 bits per heavy atom. The summed E-state index contributed by atoms with van der Waals surface area (Å²) in [6.07, 6.45) is 3.05. The van der Waals surface area contributed by atoms with Crippen LogP contribution in [0.3, 0.4) is 0 Å². The molecular formula is C18H19NO4. The van der Waals surface area contributed by atoms with E-state index in [-0.39, 0.29) is 6.61 Å². The number of hydrogen-bond acceptors (Lipinski definition) is 5. The fourth-order valence-electron chi connectivity index (χ4n) is 2.13. The predicted octanol–water partition coefficient (Wildman–Crippen LogP) is 3.13. The average molecular weight is 313 g/mol. The van der Waals surface area contributed by atoms with E-state index < -0.39 is 5.97 Å². The highest BCUT2D eigenvalue weighted by Gasteiger charge is 2.17. The summed E-state index contributed by atoms with van der Waals surface area (Å²) in [4.78, 5) is 16.2. The van der Waals surface area contributed by atoms with Gasteiger partial charge in [0.25, 0.3) is 0 Å². The topological polar surface area (TPSA) is 57.7 Å². The molecule has 0 aliphatic carbocycles. The van der Waals surface area contributed by atoms with Gasteiger partial charge in [-0.05, 0) is 24.1 Å². The summed E-state index contributed by atoms with van der Waals surface area (Å²) in [6.45, 7) is 2.21. The highest BCUT2D eigenvalue weighted by molar-refractivity contribution is 6.16. The first-order valence-corrected chi connectivity index (χ1v) is 7.11.